The second-order valence-electron chi connectivity index (χ2n) is 9.04. The van der Waals surface area contributed by atoms with Gasteiger partial charge in [-0.3, -0.25) is 14.4 Å². The molecule has 0 aromatic carbocycles. The molecule has 28 heavy (non-hydrogen) atoms. The number of carbonyl (C=O) groups is 3. The molecule has 0 spiro atoms. The first-order chi connectivity index (χ1) is 13.1. The Balaban J connectivity index is 1.89. The van der Waals surface area contributed by atoms with Gasteiger partial charge in [0, 0.05) is 17.7 Å². The van der Waals surface area contributed by atoms with E-state index in [9.17, 15) is 24.3 Å². The SMILES string of the molecule is CCC1CCC(NC(=O)c2cc3c([nH]c2=O)CC(C)(C)CC3=O)(C(=O)O)CC1. The molecule has 3 N–H and O–H groups in total. The predicted molar refractivity (Wildman–Crippen MR) is 104 cm³/mol. The van der Waals surface area contributed by atoms with Crippen molar-refractivity contribution in [1.29, 1.82) is 0 Å². The van der Waals surface area contributed by atoms with Crippen LogP contribution >= 0.6 is 0 Å². The van der Waals surface area contributed by atoms with Crippen LogP contribution in [-0.4, -0.2) is 33.3 Å². The van der Waals surface area contributed by atoms with E-state index in [1.165, 1.54) is 6.07 Å². The van der Waals surface area contributed by atoms with E-state index in [2.05, 4.69) is 17.2 Å². The Morgan fingerprint density at radius 1 is 1.21 bits per heavy atom. The van der Waals surface area contributed by atoms with E-state index < -0.39 is 23.0 Å². The van der Waals surface area contributed by atoms with Crippen LogP contribution in [0.25, 0.3) is 0 Å². The van der Waals surface area contributed by atoms with Gasteiger partial charge in [-0.25, -0.2) is 4.79 Å². The first-order valence-corrected chi connectivity index (χ1v) is 9.92. The Hall–Kier alpha value is -2.44. The van der Waals surface area contributed by atoms with Crippen LogP contribution in [0.3, 0.4) is 0 Å². The van der Waals surface area contributed by atoms with Crippen LogP contribution < -0.4 is 10.9 Å². The van der Waals surface area contributed by atoms with Crippen molar-refractivity contribution in [2.45, 2.75) is 71.3 Å². The van der Waals surface area contributed by atoms with E-state index >= 15 is 0 Å². The van der Waals surface area contributed by atoms with Gasteiger partial charge in [0.05, 0.1) is 0 Å². The molecule has 0 bridgehead atoms. The van der Waals surface area contributed by atoms with Gasteiger partial charge in [-0.15, -0.1) is 0 Å². The summed E-state index contributed by atoms with van der Waals surface area (Å²) in [6, 6.07) is 1.33. The molecule has 1 amide bonds. The Bertz CT molecular complexity index is 875. The summed E-state index contributed by atoms with van der Waals surface area (Å²) in [5.74, 6) is -1.48. The van der Waals surface area contributed by atoms with E-state index in [0.29, 0.717) is 42.9 Å². The lowest BCUT2D eigenvalue weighted by atomic mass is 9.75. The lowest BCUT2D eigenvalue weighted by molar-refractivity contribution is -0.146. The monoisotopic (exact) mass is 388 g/mol. The molecular formula is C21H28N2O5. The van der Waals surface area contributed by atoms with E-state index in [-0.39, 0.29) is 16.8 Å². The fourth-order valence-corrected chi connectivity index (χ4v) is 4.45. The number of H-pyrrole nitrogens is 1. The van der Waals surface area contributed by atoms with Gasteiger partial charge in [0.15, 0.2) is 5.78 Å². The molecule has 0 aliphatic heterocycles. The zero-order chi connectivity index (χ0) is 20.7. The zero-order valence-electron chi connectivity index (χ0n) is 16.7. The number of amides is 1. The maximum atomic E-state index is 12.8. The van der Waals surface area contributed by atoms with Crippen LogP contribution in [0.4, 0.5) is 0 Å². The number of aromatic amines is 1. The van der Waals surface area contributed by atoms with E-state index in [1.54, 1.807) is 0 Å². The molecule has 2 aliphatic rings. The molecule has 1 saturated carbocycles. The fourth-order valence-electron chi connectivity index (χ4n) is 4.45. The molecular weight excluding hydrogens is 360 g/mol. The molecule has 0 unspecified atom stereocenters. The molecule has 7 heteroatoms. The Morgan fingerprint density at radius 3 is 2.43 bits per heavy atom. The van der Waals surface area contributed by atoms with Crippen molar-refractivity contribution >= 4 is 17.7 Å². The molecule has 1 aromatic rings. The minimum atomic E-state index is -1.36. The first kappa shape index (κ1) is 20.3. The fraction of sp³-hybridized carbons (Fsp3) is 0.619. The zero-order valence-corrected chi connectivity index (χ0v) is 16.7. The van der Waals surface area contributed by atoms with Gasteiger partial charge >= 0.3 is 5.97 Å². The van der Waals surface area contributed by atoms with Crippen LogP contribution in [0, 0.1) is 11.3 Å². The van der Waals surface area contributed by atoms with Gasteiger partial charge in [-0.2, -0.15) is 0 Å². The molecule has 0 atom stereocenters. The largest absolute Gasteiger partial charge is 0.480 e. The van der Waals surface area contributed by atoms with Crippen molar-refractivity contribution in [2.75, 3.05) is 0 Å². The number of aliphatic carboxylic acids is 1. The molecule has 7 nitrogen and oxygen atoms in total. The number of Topliss-reactive ketones (excluding diaryl/α,β-unsaturated/α-hetero) is 1. The summed E-state index contributed by atoms with van der Waals surface area (Å²) in [7, 11) is 0. The number of nitrogens with one attached hydrogen (secondary N) is 2. The highest BCUT2D eigenvalue weighted by atomic mass is 16.4. The smallest absolute Gasteiger partial charge is 0.329 e. The Kier molecular flexibility index (Phi) is 5.21. The highest BCUT2D eigenvalue weighted by Gasteiger charge is 2.43. The summed E-state index contributed by atoms with van der Waals surface area (Å²) in [4.78, 5) is 52.4. The summed E-state index contributed by atoms with van der Waals surface area (Å²) in [5.41, 5.74) is -1.52. The maximum absolute atomic E-state index is 12.8. The molecule has 2 aliphatic carbocycles. The van der Waals surface area contributed by atoms with Gasteiger partial charge < -0.3 is 15.4 Å². The molecule has 0 saturated heterocycles. The number of aromatic nitrogens is 1. The van der Waals surface area contributed by atoms with Crippen LogP contribution in [0.2, 0.25) is 0 Å². The average Bonchev–Trinajstić information content (AvgIpc) is 2.60. The molecule has 1 fully saturated rings. The second kappa shape index (κ2) is 7.18. The lowest BCUT2D eigenvalue weighted by Crippen LogP contribution is -2.57. The summed E-state index contributed by atoms with van der Waals surface area (Å²) in [6.45, 7) is 5.98. The molecule has 0 radical (unpaired) electrons. The number of hydrogen-bond acceptors (Lipinski definition) is 4. The number of pyridine rings is 1. The number of carboxylic acid groups (broad SMARTS) is 1. The summed E-state index contributed by atoms with van der Waals surface area (Å²) in [5, 5.41) is 12.4. The van der Waals surface area contributed by atoms with Crippen molar-refractivity contribution < 1.29 is 19.5 Å². The third kappa shape index (κ3) is 3.75. The first-order valence-electron chi connectivity index (χ1n) is 9.92. The van der Waals surface area contributed by atoms with Gasteiger partial charge in [-0.05, 0) is 49.5 Å². The predicted octanol–water partition coefficient (Wildman–Crippen LogP) is 2.68. The number of carboxylic acids is 1. The van der Waals surface area contributed by atoms with Crippen molar-refractivity contribution in [3.8, 4) is 0 Å². The van der Waals surface area contributed by atoms with E-state index in [1.807, 2.05) is 13.8 Å². The van der Waals surface area contributed by atoms with Gasteiger partial charge in [0.2, 0.25) is 0 Å². The van der Waals surface area contributed by atoms with Crippen LogP contribution in [0.5, 0.6) is 0 Å². The maximum Gasteiger partial charge on any atom is 0.329 e. The average molecular weight is 388 g/mol. The number of rotatable bonds is 4. The lowest BCUT2D eigenvalue weighted by Gasteiger charge is -2.37. The number of hydrogen-bond donors (Lipinski definition) is 3. The summed E-state index contributed by atoms with van der Waals surface area (Å²) in [6.07, 6.45) is 3.97. The van der Waals surface area contributed by atoms with Crippen molar-refractivity contribution in [3.05, 3.63) is 33.2 Å². The molecule has 1 heterocycles. The van der Waals surface area contributed by atoms with Crippen molar-refractivity contribution in [2.24, 2.45) is 11.3 Å². The Labute approximate surface area is 163 Å². The standard InChI is InChI=1S/C21H28N2O5/c1-4-12-5-7-21(8-6-12,19(27)28)23-18(26)14-9-13-15(22-17(14)25)10-20(2,3)11-16(13)24/h9,12H,4-8,10-11H2,1-3H3,(H,22,25)(H,23,26)(H,27,28). The molecule has 152 valence electrons. The van der Waals surface area contributed by atoms with Gasteiger partial charge in [0.25, 0.3) is 11.5 Å². The van der Waals surface area contributed by atoms with Crippen molar-refractivity contribution in [1.82, 2.24) is 10.3 Å². The number of carbonyl (C=O) groups excluding carboxylic acids is 2. The molecule has 1 aromatic heterocycles. The quantitative estimate of drug-likeness (QED) is 0.733. The third-order valence-electron chi connectivity index (χ3n) is 6.26. The van der Waals surface area contributed by atoms with E-state index in [0.717, 1.165) is 19.3 Å². The van der Waals surface area contributed by atoms with Gasteiger partial charge in [-0.1, -0.05) is 27.2 Å². The summed E-state index contributed by atoms with van der Waals surface area (Å²) < 4.78 is 0. The number of ketones is 1. The normalized spacial score (nSPS) is 26.4. The van der Waals surface area contributed by atoms with E-state index in [4.69, 9.17) is 0 Å². The highest BCUT2D eigenvalue weighted by molar-refractivity contribution is 6.03. The Morgan fingerprint density at radius 2 is 1.86 bits per heavy atom. The van der Waals surface area contributed by atoms with Crippen LogP contribution in [0.15, 0.2) is 10.9 Å². The molecule has 3 rings (SSSR count). The second-order valence-corrected chi connectivity index (χ2v) is 9.04. The highest BCUT2D eigenvalue weighted by Crippen LogP contribution is 2.35. The van der Waals surface area contributed by atoms with Gasteiger partial charge in [0.1, 0.15) is 11.1 Å². The van der Waals surface area contributed by atoms with Crippen LogP contribution in [0.1, 0.15) is 85.7 Å². The number of fused-ring (bicyclic) bond motifs is 1. The minimum Gasteiger partial charge on any atom is -0.480 e. The minimum absolute atomic E-state index is 0.118. The summed E-state index contributed by atoms with van der Waals surface area (Å²) >= 11 is 0. The van der Waals surface area contributed by atoms with Crippen LogP contribution in [-0.2, 0) is 11.2 Å². The third-order valence-corrected chi connectivity index (χ3v) is 6.26. The van der Waals surface area contributed by atoms with Crippen molar-refractivity contribution in [3.63, 3.8) is 0 Å². The topological polar surface area (TPSA) is 116 Å².